The number of hydrogen-bond acceptors (Lipinski definition) is 1. The average Bonchev–Trinajstić information content (AvgIpc) is 2.08. The molecule has 0 radical (unpaired) electrons. The molecule has 0 unspecified atom stereocenters. The number of nitrogens with two attached hydrogens (primary N) is 2. The van der Waals surface area contributed by atoms with Gasteiger partial charge in [-0.15, -0.1) is 0 Å². The second kappa shape index (κ2) is 2.64. The molecule has 0 aliphatic carbocycles. The zero-order valence-electron chi connectivity index (χ0n) is 5.29. The molecule has 4 N–H and O–H groups in total. The molecule has 1 saturated heterocycles. The van der Waals surface area contributed by atoms with Gasteiger partial charge in [-0.05, 0) is 24.6 Å². The summed E-state index contributed by atoms with van der Waals surface area (Å²) in [5, 5.41) is 0. The van der Waals surface area contributed by atoms with Gasteiger partial charge in [-0.1, -0.05) is 0 Å². The summed E-state index contributed by atoms with van der Waals surface area (Å²) < 4.78 is 2.03. The molecule has 0 atom stereocenters. The molecule has 0 amide bonds. The van der Waals surface area contributed by atoms with E-state index < -0.39 is 6.49 Å². The molecule has 1 aliphatic heterocycles. The fraction of sp³-hybridized carbons (Fsp3) is 1.00. The Hall–Kier alpha value is 0.530. The lowest BCUT2D eigenvalue weighted by Crippen LogP contribution is -2.25. The maximum absolute atomic E-state index is 5.57. The van der Waals surface area contributed by atoms with Crippen LogP contribution in [0.15, 0.2) is 0 Å². The van der Waals surface area contributed by atoms with Crippen molar-refractivity contribution in [2.75, 3.05) is 13.1 Å². The Kier molecular flexibility index (Phi) is 2.24. The topological polar surface area (TPSA) is 55.3 Å². The first-order valence-corrected chi connectivity index (χ1v) is 5.92. The molecule has 54 valence electrons. The van der Waals surface area contributed by atoms with Crippen LogP contribution in [0.2, 0.25) is 0 Å². The zero-order chi connectivity index (χ0) is 6.91. The molecule has 0 saturated carbocycles. The predicted octanol–water partition coefficient (Wildman–Crippen LogP) is 0.224. The lowest BCUT2D eigenvalue weighted by Gasteiger charge is -2.22. The van der Waals surface area contributed by atoms with Crippen LogP contribution in [0.1, 0.15) is 12.8 Å². The summed E-state index contributed by atoms with van der Waals surface area (Å²) in [4.78, 5) is 0. The molecule has 1 heterocycles. The Labute approximate surface area is 60.6 Å². The van der Waals surface area contributed by atoms with Gasteiger partial charge in [0, 0.05) is 13.1 Å². The average molecular weight is 165 g/mol. The highest BCUT2D eigenvalue weighted by atomic mass is 32.4. The van der Waals surface area contributed by atoms with Crippen LogP contribution >= 0.6 is 6.49 Å². The van der Waals surface area contributed by atoms with Crippen molar-refractivity contribution in [3.05, 3.63) is 0 Å². The van der Waals surface area contributed by atoms with E-state index >= 15 is 0 Å². The minimum atomic E-state index is -2.05. The van der Waals surface area contributed by atoms with Crippen LogP contribution in [-0.4, -0.2) is 17.8 Å². The van der Waals surface area contributed by atoms with E-state index in [4.69, 9.17) is 22.8 Å². The van der Waals surface area contributed by atoms with Crippen molar-refractivity contribution in [3.63, 3.8) is 0 Å². The normalized spacial score (nSPS) is 22.9. The summed E-state index contributed by atoms with van der Waals surface area (Å²) in [6.45, 7) is -0.0382. The van der Waals surface area contributed by atoms with Gasteiger partial charge in [0.1, 0.15) is 6.49 Å². The minimum absolute atomic E-state index is 1.00. The first-order valence-electron chi connectivity index (χ1n) is 3.03. The van der Waals surface area contributed by atoms with Gasteiger partial charge in [-0.2, -0.15) is 0 Å². The minimum Gasteiger partial charge on any atom is -0.279 e. The summed E-state index contributed by atoms with van der Waals surface area (Å²) in [5.41, 5.74) is 11.1. The molecule has 0 aromatic carbocycles. The van der Waals surface area contributed by atoms with Crippen LogP contribution in [0.25, 0.3) is 0 Å². The molecule has 5 heteroatoms. The molecule has 0 aromatic heterocycles. The van der Waals surface area contributed by atoms with Gasteiger partial charge in [-0.25, -0.2) is 0 Å². The highest BCUT2D eigenvalue weighted by Crippen LogP contribution is 2.35. The third kappa shape index (κ3) is 1.99. The van der Waals surface area contributed by atoms with Crippen molar-refractivity contribution in [1.29, 1.82) is 0 Å². The van der Waals surface area contributed by atoms with Gasteiger partial charge < -0.3 is 0 Å². The SMILES string of the molecule is NP(N)(=S)N1CCCC1. The predicted molar refractivity (Wildman–Crippen MR) is 43.5 cm³/mol. The van der Waals surface area contributed by atoms with Crippen molar-refractivity contribution >= 4 is 18.3 Å². The smallest absolute Gasteiger partial charge is 0.135 e. The summed E-state index contributed by atoms with van der Waals surface area (Å²) in [5.74, 6) is 0. The number of rotatable bonds is 1. The second-order valence-electron chi connectivity index (χ2n) is 2.33. The van der Waals surface area contributed by atoms with Crippen molar-refractivity contribution < 1.29 is 0 Å². The standard InChI is InChI=1S/C4H12N3PS/c5-8(6,9)7-3-1-2-4-7/h1-4H2,(H4,5,6,9). The van der Waals surface area contributed by atoms with Crippen LogP contribution in [-0.2, 0) is 11.8 Å². The fourth-order valence-electron chi connectivity index (χ4n) is 1.01. The molecule has 9 heavy (non-hydrogen) atoms. The van der Waals surface area contributed by atoms with E-state index in [1.54, 1.807) is 0 Å². The first-order chi connectivity index (χ1) is 4.11. The van der Waals surface area contributed by atoms with E-state index in [0.29, 0.717) is 0 Å². The molecular formula is C4H12N3PS. The van der Waals surface area contributed by atoms with Crippen molar-refractivity contribution in [1.82, 2.24) is 4.67 Å². The van der Waals surface area contributed by atoms with Crippen LogP contribution in [0.3, 0.4) is 0 Å². The lowest BCUT2D eigenvalue weighted by molar-refractivity contribution is 0.563. The van der Waals surface area contributed by atoms with E-state index in [9.17, 15) is 0 Å². The van der Waals surface area contributed by atoms with Gasteiger partial charge >= 0.3 is 0 Å². The van der Waals surface area contributed by atoms with Gasteiger partial charge in [0.2, 0.25) is 0 Å². The Morgan fingerprint density at radius 3 is 1.89 bits per heavy atom. The number of nitrogens with zero attached hydrogens (tertiary/aromatic N) is 1. The van der Waals surface area contributed by atoms with Crippen molar-refractivity contribution in [3.8, 4) is 0 Å². The summed E-state index contributed by atoms with van der Waals surface area (Å²) in [6, 6.07) is 0. The van der Waals surface area contributed by atoms with Gasteiger partial charge in [0.25, 0.3) is 0 Å². The summed E-state index contributed by atoms with van der Waals surface area (Å²) in [6.07, 6.45) is 2.40. The maximum atomic E-state index is 5.57. The maximum Gasteiger partial charge on any atom is 0.135 e. The third-order valence-corrected chi connectivity index (χ3v) is 3.50. The van der Waals surface area contributed by atoms with Gasteiger partial charge in [0.15, 0.2) is 0 Å². The fourth-order valence-corrected chi connectivity index (χ4v) is 2.41. The third-order valence-electron chi connectivity index (χ3n) is 1.52. The Balaban J connectivity index is 2.52. The molecule has 0 bridgehead atoms. The Morgan fingerprint density at radius 2 is 1.67 bits per heavy atom. The van der Waals surface area contributed by atoms with Crippen molar-refractivity contribution in [2.24, 2.45) is 11.0 Å². The van der Waals surface area contributed by atoms with Crippen LogP contribution < -0.4 is 11.0 Å². The molecule has 1 aliphatic rings. The van der Waals surface area contributed by atoms with E-state index in [1.165, 1.54) is 12.8 Å². The van der Waals surface area contributed by atoms with E-state index in [2.05, 4.69) is 0 Å². The molecule has 1 fully saturated rings. The molecule has 0 spiro atoms. The zero-order valence-corrected chi connectivity index (χ0v) is 7.00. The molecule has 3 nitrogen and oxygen atoms in total. The largest absolute Gasteiger partial charge is 0.279 e. The van der Waals surface area contributed by atoms with Gasteiger partial charge in [0.05, 0.1) is 0 Å². The quantitative estimate of drug-likeness (QED) is 0.546. The van der Waals surface area contributed by atoms with Crippen LogP contribution in [0.5, 0.6) is 0 Å². The second-order valence-corrected chi connectivity index (χ2v) is 6.00. The van der Waals surface area contributed by atoms with Crippen LogP contribution in [0.4, 0.5) is 0 Å². The number of hydrogen-bond donors (Lipinski definition) is 2. The Morgan fingerprint density at radius 1 is 1.22 bits per heavy atom. The van der Waals surface area contributed by atoms with Crippen LogP contribution in [0, 0.1) is 0 Å². The monoisotopic (exact) mass is 165 g/mol. The Bertz CT molecular complexity index is 137. The first kappa shape index (κ1) is 7.63. The summed E-state index contributed by atoms with van der Waals surface area (Å²) in [7, 11) is 0. The lowest BCUT2D eigenvalue weighted by atomic mass is 10.4. The molecular weight excluding hydrogens is 153 g/mol. The highest BCUT2D eigenvalue weighted by molar-refractivity contribution is 8.11. The van der Waals surface area contributed by atoms with E-state index in [0.717, 1.165) is 13.1 Å². The summed E-state index contributed by atoms with van der Waals surface area (Å²) >= 11 is 4.94. The molecule has 1 rings (SSSR count). The van der Waals surface area contributed by atoms with Gasteiger partial charge in [-0.3, -0.25) is 15.7 Å². The highest BCUT2D eigenvalue weighted by Gasteiger charge is 2.19. The van der Waals surface area contributed by atoms with E-state index in [-0.39, 0.29) is 0 Å². The van der Waals surface area contributed by atoms with Crippen molar-refractivity contribution in [2.45, 2.75) is 12.8 Å². The van der Waals surface area contributed by atoms with E-state index in [1.807, 2.05) is 4.67 Å². The molecule has 0 aromatic rings.